The summed E-state index contributed by atoms with van der Waals surface area (Å²) >= 11 is 0. The van der Waals surface area contributed by atoms with Crippen LogP contribution in [-0.2, 0) is 6.54 Å². The Labute approximate surface area is 128 Å². The number of nitrogens with zero attached hydrogens (tertiary/aromatic N) is 2. The lowest BCUT2D eigenvalue weighted by Gasteiger charge is -2.26. The van der Waals surface area contributed by atoms with Crippen LogP contribution in [0.5, 0.6) is 0 Å². The maximum Gasteiger partial charge on any atom is 0.0446 e. The molecule has 0 heterocycles. The Morgan fingerprint density at radius 1 is 0.952 bits per heavy atom. The molecular weight excluding hydrogens is 258 g/mol. The molecule has 2 N–H and O–H groups in total. The summed E-state index contributed by atoms with van der Waals surface area (Å²) in [6.07, 6.45) is 1.17. The van der Waals surface area contributed by atoms with Gasteiger partial charge in [0.25, 0.3) is 0 Å². The molecule has 3 heteroatoms. The van der Waals surface area contributed by atoms with Crippen molar-refractivity contribution in [3.8, 4) is 0 Å². The molecule has 0 amide bonds. The molecule has 0 spiro atoms. The Kier molecular flexibility index (Phi) is 5.59. The summed E-state index contributed by atoms with van der Waals surface area (Å²) in [4.78, 5) is 4.70. The highest BCUT2D eigenvalue weighted by molar-refractivity contribution is 5.96. The Morgan fingerprint density at radius 3 is 2.29 bits per heavy atom. The van der Waals surface area contributed by atoms with Gasteiger partial charge in [0.05, 0.1) is 0 Å². The van der Waals surface area contributed by atoms with Gasteiger partial charge < -0.3 is 15.5 Å². The van der Waals surface area contributed by atoms with Gasteiger partial charge in [0.15, 0.2) is 0 Å². The highest BCUT2D eigenvalue weighted by Gasteiger charge is 2.10. The van der Waals surface area contributed by atoms with E-state index in [0.717, 1.165) is 19.6 Å². The first-order valence-electron chi connectivity index (χ1n) is 7.77. The quantitative estimate of drug-likeness (QED) is 0.848. The van der Waals surface area contributed by atoms with Gasteiger partial charge in [-0.2, -0.15) is 0 Å². The lowest BCUT2D eigenvalue weighted by molar-refractivity contribution is 0.401. The molecule has 0 radical (unpaired) electrons. The van der Waals surface area contributed by atoms with Crippen LogP contribution in [0.15, 0.2) is 36.4 Å². The van der Waals surface area contributed by atoms with Crippen LogP contribution in [0.1, 0.15) is 18.9 Å². The predicted octanol–water partition coefficient (Wildman–Crippen LogP) is 3.08. The second-order valence-corrected chi connectivity index (χ2v) is 5.73. The van der Waals surface area contributed by atoms with Gasteiger partial charge in [0.1, 0.15) is 0 Å². The van der Waals surface area contributed by atoms with E-state index < -0.39 is 0 Å². The molecule has 0 saturated carbocycles. The van der Waals surface area contributed by atoms with Gasteiger partial charge in [-0.25, -0.2) is 0 Å². The number of anilines is 1. The van der Waals surface area contributed by atoms with E-state index in [2.05, 4.69) is 67.2 Å². The standard InChI is InChI=1S/C18H27N3/c1-4-21(13-7-12-20(2)3)18-11-10-15(14-19)16-8-5-6-9-17(16)18/h5-6,8-11H,4,7,12-14,19H2,1-3H3. The third kappa shape index (κ3) is 3.74. The van der Waals surface area contributed by atoms with E-state index in [4.69, 9.17) is 5.73 Å². The van der Waals surface area contributed by atoms with Gasteiger partial charge in [-0.1, -0.05) is 30.3 Å². The van der Waals surface area contributed by atoms with Crippen molar-refractivity contribution in [1.29, 1.82) is 0 Å². The highest BCUT2D eigenvalue weighted by atomic mass is 15.1. The van der Waals surface area contributed by atoms with Crippen molar-refractivity contribution in [1.82, 2.24) is 4.90 Å². The fourth-order valence-corrected chi connectivity index (χ4v) is 2.83. The molecular formula is C18H27N3. The predicted molar refractivity (Wildman–Crippen MR) is 92.9 cm³/mol. The monoisotopic (exact) mass is 285 g/mol. The molecule has 0 aliphatic heterocycles. The number of nitrogens with two attached hydrogens (primary N) is 1. The minimum atomic E-state index is 0.591. The maximum absolute atomic E-state index is 5.87. The molecule has 114 valence electrons. The van der Waals surface area contributed by atoms with Crippen LogP contribution in [0, 0.1) is 0 Å². The van der Waals surface area contributed by atoms with Crippen molar-refractivity contribution in [2.24, 2.45) is 5.73 Å². The molecule has 21 heavy (non-hydrogen) atoms. The van der Waals surface area contributed by atoms with E-state index in [1.165, 1.54) is 28.4 Å². The third-order valence-electron chi connectivity index (χ3n) is 3.97. The molecule has 0 aromatic heterocycles. The van der Waals surface area contributed by atoms with Crippen LogP contribution in [0.3, 0.4) is 0 Å². The van der Waals surface area contributed by atoms with Crippen LogP contribution >= 0.6 is 0 Å². The Hall–Kier alpha value is -1.58. The molecule has 0 saturated heterocycles. The summed E-state index contributed by atoms with van der Waals surface area (Å²) < 4.78 is 0. The molecule has 2 aromatic carbocycles. The van der Waals surface area contributed by atoms with Crippen LogP contribution in [0.25, 0.3) is 10.8 Å². The lowest BCUT2D eigenvalue weighted by atomic mass is 10.0. The summed E-state index contributed by atoms with van der Waals surface area (Å²) in [6, 6.07) is 13.0. The van der Waals surface area contributed by atoms with Gasteiger partial charge in [-0.15, -0.1) is 0 Å². The van der Waals surface area contributed by atoms with Crippen molar-refractivity contribution >= 4 is 16.5 Å². The van der Waals surface area contributed by atoms with E-state index in [9.17, 15) is 0 Å². The van der Waals surface area contributed by atoms with Gasteiger partial charge in [-0.05, 0) is 51.0 Å². The first-order chi connectivity index (χ1) is 10.2. The molecule has 0 fully saturated rings. The maximum atomic E-state index is 5.87. The number of benzene rings is 2. The zero-order valence-electron chi connectivity index (χ0n) is 13.5. The molecule has 0 unspecified atom stereocenters. The van der Waals surface area contributed by atoms with E-state index >= 15 is 0 Å². The largest absolute Gasteiger partial charge is 0.371 e. The fourth-order valence-electron chi connectivity index (χ4n) is 2.83. The molecule has 0 bridgehead atoms. The highest BCUT2D eigenvalue weighted by Crippen LogP contribution is 2.29. The summed E-state index contributed by atoms with van der Waals surface area (Å²) in [7, 11) is 4.25. The first-order valence-corrected chi connectivity index (χ1v) is 7.77. The summed E-state index contributed by atoms with van der Waals surface area (Å²) in [6.45, 7) is 6.05. The SMILES string of the molecule is CCN(CCCN(C)C)c1ccc(CN)c2ccccc12. The van der Waals surface area contributed by atoms with Crippen LogP contribution in [0.4, 0.5) is 5.69 Å². The van der Waals surface area contributed by atoms with Gasteiger partial charge >= 0.3 is 0 Å². The normalized spacial score (nSPS) is 11.3. The fraction of sp³-hybridized carbons (Fsp3) is 0.444. The van der Waals surface area contributed by atoms with Gasteiger partial charge in [0.2, 0.25) is 0 Å². The number of hydrogen-bond donors (Lipinski definition) is 1. The van der Waals surface area contributed by atoms with E-state index in [0.29, 0.717) is 6.54 Å². The van der Waals surface area contributed by atoms with Crippen molar-refractivity contribution in [3.05, 3.63) is 42.0 Å². The van der Waals surface area contributed by atoms with Crippen molar-refractivity contribution in [2.75, 3.05) is 38.6 Å². The molecule has 2 aromatic rings. The summed E-state index contributed by atoms with van der Waals surface area (Å²) in [5.41, 5.74) is 8.41. The average Bonchev–Trinajstić information content (AvgIpc) is 2.50. The lowest BCUT2D eigenvalue weighted by Crippen LogP contribution is -2.27. The molecule has 2 rings (SSSR count). The topological polar surface area (TPSA) is 32.5 Å². The minimum Gasteiger partial charge on any atom is -0.371 e. The second kappa shape index (κ2) is 7.43. The van der Waals surface area contributed by atoms with Gasteiger partial charge in [-0.3, -0.25) is 0 Å². The van der Waals surface area contributed by atoms with Crippen molar-refractivity contribution < 1.29 is 0 Å². The molecule has 3 nitrogen and oxygen atoms in total. The molecule has 0 atom stereocenters. The van der Waals surface area contributed by atoms with Crippen LogP contribution in [0.2, 0.25) is 0 Å². The Bertz CT molecular complexity index is 578. The smallest absolute Gasteiger partial charge is 0.0446 e. The third-order valence-corrected chi connectivity index (χ3v) is 3.97. The van der Waals surface area contributed by atoms with Crippen LogP contribution < -0.4 is 10.6 Å². The van der Waals surface area contributed by atoms with E-state index in [1.54, 1.807) is 0 Å². The second-order valence-electron chi connectivity index (χ2n) is 5.73. The van der Waals surface area contributed by atoms with Crippen LogP contribution in [-0.4, -0.2) is 38.6 Å². The molecule has 0 aliphatic carbocycles. The first kappa shape index (κ1) is 15.8. The average molecular weight is 285 g/mol. The summed E-state index contributed by atoms with van der Waals surface area (Å²) in [5.74, 6) is 0. The van der Waals surface area contributed by atoms with E-state index in [-0.39, 0.29) is 0 Å². The number of rotatable bonds is 7. The van der Waals surface area contributed by atoms with Crippen molar-refractivity contribution in [3.63, 3.8) is 0 Å². The van der Waals surface area contributed by atoms with E-state index in [1.807, 2.05) is 0 Å². The molecule has 0 aliphatic rings. The number of fused-ring (bicyclic) bond motifs is 1. The summed E-state index contributed by atoms with van der Waals surface area (Å²) in [5, 5.41) is 2.59. The Morgan fingerprint density at radius 2 is 1.67 bits per heavy atom. The Balaban J connectivity index is 2.31. The minimum absolute atomic E-state index is 0.591. The number of hydrogen-bond acceptors (Lipinski definition) is 3. The zero-order valence-corrected chi connectivity index (χ0v) is 13.5. The zero-order chi connectivity index (χ0) is 15.2. The van der Waals surface area contributed by atoms with Gasteiger partial charge in [0, 0.05) is 30.7 Å². The van der Waals surface area contributed by atoms with Crippen molar-refractivity contribution in [2.45, 2.75) is 19.9 Å².